The third kappa shape index (κ3) is 3.88. The highest BCUT2D eigenvalue weighted by molar-refractivity contribution is 5.93. The molecule has 1 unspecified atom stereocenters. The van der Waals surface area contributed by atoms with Crippen LogP contribution in [0.1, 0.15) is 5.76 Å². The molecule has 142 valence electrons. The van der Waals surface area contributed by atoms with Crippen molar-refractivity contribution in [3.63, 3.8) is 0 Å². The Morgan fingerprint density at radius 1 is 1.00 bits per heavy atom. The molecule has 0 aliphatic rings. The van der Waals surface area contributed by atoms with Crippen LogP contribution in [0.2, 0.25) is 0 Å². The number of benzene rings is 2. The molecule has 2 aromatic carbocycles. The summed E-state index contributed by atoms with van der Waals surface area (Å²) in [6.07, 6.45) is 0.698. The zero-order chi connectivity index (χ0) is 19.3. The van der Waals surface area contributed by atoms with E-state index < -0.39 is 6.10 Å². The van der Waals surface area contributed by atoms with Gasteiger partial charge in [-0.2, -0.15) is 5.10 Å². The number of rotatable bonds is 7. The van der Waals surface area contributed by atoms with E-state index in [2.05, 4.69) is 5.10 Å². The Labute approximate surface area is 161 Å². The number of furan rings is 1. The second kappa shape index (κ2) is 8.21. The second-order valence-electron chi connectivity index (χ2n) is 6.50. The maximum absolute atomic E-state index is 12.8. The first kappa shape index (κ1) is 18.2. The minimum Gasteiger partial charge on any atom is -0.467 e. The van der Waals surface area contributed by atoms with Gasteiger partial charge in [-0.25, -0.2) is 4.68 Å². The minimum atomic E-state index is -0.870. The van der Waals surface area contributed by atoms with Gasteiger partial charge in [-0.15, -0.1) is 0 Å². The number of hydrogen-bond donors (Lipinski definition) is 1. The van der Waals surface area contributed by atoms with Gasteiger partial charge in [-0.1, -0.05) is 48.5 Å². The quantitative estimate of drug-likeness (QED) is 0.536. The van der Waals surface area contributed by atoms with Crippen LogP contribution >= 0.6 is 0 Å². The number of aliphatic hydroxyl groups is 1. The maximum Gasteiger partial charge on any atom is 0.274 e. The zero-order valence-electron chi connectivity index (χ0n) is 15.2. The summed E-state index contributed by atoms with van der Waals surface area (Å²) in [5.41, 5.74) is 1.39. The highest BCUT2D eigenvalue weighted by Crippen LogP contribution is 2.24. The average Bonchev–Trinajstić information content (AvgIpc) is 3.24. The molecule has 1 atom stereocenters. The molecule has 4 rings (SSSR count). The van der Waals surface area contributed by atoms with Crippen LogP contribution in [0.15, 0.2) is 82.2 Å². The Morgan fingerprint density at radius 3 is 2.50 bits per heavy atom. The smallest absolute Gasteiger partial charge is 0.274 e. The predicted octanol–water partition coefficient (Wildman–Crippen LogP) is 3.23. The standard InChI is InChI=1S/C22H20N2O4/c25-17(14-27-15-18-9-6-12-28-18)13-24-22(26)20-11-5-4-10-19(20)21(23-24)16-7-2-1-3-8-16/h1-12,17,25H,13-15H2. The van der Waals surface area contributed by atoms with Crippen LogP contribution in [0.25, 0.3) is 22.0 Å². The lowest BCUT2D eigenvalue weighted by atomic mass is 10.1. The van der Waals surface area contributed by atoms with Crippen LogP contribution in [-0.2, 0) is 17.9 Å². The van der Waals surface area contributed by atoms with Crippen LogP contribution in [0.5, 0.6) is 0 Å². The monoisotopic (exact) mass is 376 g/mol. The summed E-state index contributed by atoms with van der Waals surface area (Å²) in [6, 6.07) is 20.6. The lowest BCUT2D eigenvalue weighted by Crippen LogP contribution is -2.31. The fraction of sp³-hybridized carbons (Fsp3) is 0.182. The minimum absolute atomic E-state index is 0.0433. The fourth-order valence-electron chi connectivity index (χ4n) is 3.11. The third-order valence-corrected chi connectivity index (χ3v) is 4.43. The van der Waals surface area contributed by atoms with E-state index in [1.54, 1.807) is 24.5 Å². The van der Waals surface area contributed by atoms with E-state index in [-0.39, 0.29) is 25.3 Å². The van der Waals surface area contributed by atoms with Gasteiger partial charge < -0.3 is 14.3 Å². The van der Waals surface area contributed by atoms with Crippen molar-refractivity contribution in [3.8, 4) is 11.3 Å². The van der Waals surface area contributed by atoms with Crippen LogP contribution < -0.4 is 5.56 Å². The van der Waals surface area contributed by atoms with Crippen molar-refractivity contribution in [2.75, 3.05) is 6.61 Å². The molecule has 0 aliphatic carbocycles. The van der Waals surface area contributed by atoms with Crippen LogP contribution in [0, 0.1) is 0 Å². The van der Waals surface area contributed by atoms with E-state index in [0.717, 1.165) is 10.9 Å². The van der Waals surface area contributed by atoms with Crippen molar-refractivity contribution in [3.05, 3.63) is 89.1 Å². The lowest BCUT2D eigenvalue weighted by Gasteiger charge is -2.15. The van der Waals surface area contributed by atoms with E-state index in [4.69, 9.17) is 9.15 Å². The topological polar surface area (TPSA) is 77.5 Å². The summed E-state index contributed by atoms with van der Waals surface area (Å²) in [5, 5.41) is 16.2. The normalized spacial score (nSPS) is 12.3. The van der Waals surface area contributed by atoms with Crippen molar-refractivity contribution in [1.29, 1.82) is 0 Å². The van der Waals surface area contributed by atoms with Crippen LogP contribution in [0.3, 0.4) is 0 Å². The van der Waals surface area contributed by atoms with E-state index in [9.17, 15) is 9.90 Å². The zero-order valence-corrected chi connectivity index (χ0v) is 15.2. The molecule has 0 spiro atoms. The summed E-state index contributed by atoms with van der Waals surface area (Å²) < 4.78 is 12.0. The fourth-order valence-corrected chi connectivity index (χ4v) is 3.11. The first-order valence-corrected chi connectivity index (χ1v) is 9.06. The molecular weight excluding hydrogens is 356 g/mol. The Kier molecular flexibility index (Phi) is 5.32. The molecular formula is C22H20N2O4. The molecule has 0 saturated heterocycles. The number of fused-ring (bicyclic) bond motifs is 1. The molecule has 1 N–H and O–H groups in total. The molecule has 2 heterocycles. The molecule has 0 bridgehead atoms. The molecule has 0 saturated carbocycles. The number of nitrogens with zero attached hydrogens (tertiary/aromatic N) is 2. The highest BCUT2D eigenvalue weighted by Gasteiger charge is 2.15. The Morgan fingerprint density at radius 2 is 1.75 bits per heavy atom. The van der Waals surface area contributed by atoms with Crippen molar-refractivity contribution >= 4 is 10.8 Å². The summed E-state index contributed by atoms with van der Waals surface area (Å²) in [6.45, 7) is 0.378. The highest BCUT2D eigenvalue weighted by atomic mass is 16.5. The Bertz CT molecular complexity index is 1100. The van der Waals surface area contributed by atoms with Gasteiger partial charge in [0, 0.05) is 10.9 Å². The van der Waals surface area contributed by atoms with Crippen molar-refractivity contribution in [2.24, 2.45) is 0 Å². The molecule has 0 aliphatic heterocycles. The number of aromatic nitrogens is 2. The number of aliphatic hydroxyl groups excluding tert-OH is 1. The molecule has 0 fully saturated rings. The SMILES string of the molecule is O=c1c2ccccc2c(-c2ccccc2)nn1CC(O)COCc1ccco1. The largest absolute Gasteiger partial charge is 0.467 e. The lowest BCUT2D eigenvalue weighted by molar-refractivity contribution is 0.0126. The van der Waals surface area contributed by atoms with Crippen LogP contribution in [0.4, 0.5) is 0 Å². The van der Waals surface area contributed by atoms with Crippen molar-refractivity contribution in [2.45, 2.75) is 19.3 Å². The molecule has 0 amide bonds. The van der Waals surface area contributed by atoms with Gasteiger partial charge in [0.05, 0.1) is 36.6 Å². The first-order chi connectivity index (χ1) is 13.7. The van der Waals surface area contributed by atoms with Gasteiger partial charge in [0.15, 0.2) is 0 Å². The van der Waals surface area contributed by atoms with Gasteiger partial charge >= 0.3 is 0 Å². The van der Waals surface area contributed by atoms with Gasteiger partial charge in [0.1, 0.15) is 12.4 Å². The van der Waals surface area contributed by atoms with E-state index in [1.165, 1.54) is 4.68 Å². The van der Waals surface area contributed by atoms with Gasteiger partial charge in [-0.3, -0.25) is 4.79 Å². The molecule has 28 heavy (non-hydrogen) atoms. The van der Waals surface area contributed by atoms with Gasteiger partial charge in [0.25, 0.3) is 5.56 Å². The molecule has 6 nitrogen and oxygen atoms in total. The maximum atomic E-state index is 12.8. The molecule has 0 radical (unpaired) electrons. The van der Waals surface area contributed by atoms with E-state index >= 15 is 0 Å². The summed E-state index contributed by atoms with van der Waals surface area (Å²) in [4.78, 5) is 12.8. The van der Waals surface area contributed by atoms with Gasteiger partial charge in [-0.05, 0) is 18.2 Å². The second-order valence-corrected chi connectivity index (χ2v) is 6.50. The molecule has 2 aromatic heterocycles. The average molecular weight is 376 g/mol. The van der Waals surface area contributed by atoms with Crippen molar-refractivity contribution in [1.82, 2.24) is 9.78 Å². The predicted molar refractivity (Wildman–Crippen MR) is 106 cm³/mol. The number of ether oxygens (including phenoxy) is 1. The molecule has 4 aromatic rings. The summed E-state index contributed by atoms with van der Waals surface area (Å²) in [7, 11) is 0. The number of hydrogen-bond acceptors (Lipinski definition) is 5. The van der Waals surface area contributed by atoms with Gasteiger partial charge in [0.2, 0.25) is 0 Å². The van der Waals surface area contributed by atoms with Crippen LogP contribution in [-0.4, -0.2) is 27.6 Å². The van der Waals surface area contributed by atoms with E-state index in [1.807, 2.05) is 48.5 Å². The first-order valence-electron chi connectivity index (χ1n) is 9.06. The summed E-state index contributed by atoms with van der Waals surface area (Å²) in [5.74, 6) is 0.680. The third-order valence-electron chi connectivity index (χ3n) is 4.43. The summed E-state index contributed by atoms with van der Waals surface area (Å²) >= 11 is 0. The Balaban J connectivity index is 1.60. The molecule has 6 heteroatoms. The van der Waals surface area contributed by atoms with E-state index in [0.29, 0.717) is 16.8 Å². The van der Waals surface area contributed by atoms with Crippen molar-refractivity contribution < 1.29 is 14.3 Å². The Hall–Kier alpha value is -3.22.